The van der Waals surface area contributed by atoms with Crippen LogP contribution in [0.3, 0.4) is 0 Å². The zero-order valence-electron chi connectivity index (χ0n) is 13.0. The Morgan fingerprint density at radius 1 is 1.17 bits per heavy atom. The molecule has 0 bridgehead atoms. The Hall–Kier alpha value is -2.14. The number of carbonyl (C=O) groups is 1. The second-order valence-electron chi connectivity index (χ2n) is 6.57. The van der Waals surface area contributed by atoms with Gasteiger partial charge in [0.05, 0.1) is 0 Å². The highest BCUT2D eigenvalue weighted by molar-refractivity contribution is 5.96. The van der Waals surface area contributed by atoms with E-state index in [1.165, 1.54) is 12.8 Å². The number of nitrogens with zero attached hydrogens (tertiary/aromatic N) is 1. The maximum absolute atomic E-state index is 12.6. The molecule has 0 spiro atoms. The predicted molar refractivity (Wildman–Crippen MR) is 89.7 cm³/mol. The van der Waals surface area contributed by atoms with Crippen molar-refractivity contribution in [2.45, 2.75) is 37.8 Å². The van der Waals surface area contributed by atoms with Gasteiger partial charge >= 0.3 is 0 Å². The van der Waals surface area contributed by atoms with Crippen molar-refractivity contribution in [3.8, 4) is 0 Å². The molecule has 2 aliphatic rings. The molecule has 4 rings (SSSR count). The van der Waals surface area contributed by atoms with Crippen LogP contribution in [0.15, 0.2) is 35.1 Å². The van der Waals surface area contributed by atoms with Gasteiger partial charge in [0.2, 0.25) is 0 Å². The topological polar surface area (TPSA) is 65.2 Å². The van der Waals surface area contributed by atoms with Crippen molar-refractivity contribution >= 4 is 16.7 Å². The Bertz CT molecular complexity index is 798. The van der Waals surface area contributed by atoms with Crippen LogP contribution >= 0.6 is 0 Å². The van der Waals surface area contributed by atoms with E-state index in [0.717, 1.165) is 31.3 Å². The lowest BCUT2D eigenvalue weighted by molar-refractivity contribution is 0.0910. The van der Waals surface area contributed by atoms with Crippen LogP contribution < -0.4 is 10.9 Å². The highest BCUT2D eigenvalue weighted by Gasteiger charge is 2.36. The molecule has 0 saturated carbocycles. The van der Waals surface area contributed by atoms with Crippen molar-refractivity contribution in [1.82, 2.24) is 15.2 Å². The molecule has 120 valence electrons. The highest BCUT2D eigenvalue weighted by atomic mass is 16.2. The van der Waals surface area contributed by atoms with Gasteiger partial charge in [-0.2, -0.15) is 0 Å². The summed E-state index contributed by atoms with van der Waals surface area (Å²) in [7, 11) is 0. The molecule has 2 saturated heterocycles. The zero-order valence-corrected chi connectivity index (χ0v) is 13.0. The number of piperidine rings is 1. The molecule has 5 heteroatoms. The fraction of sp³-hybridized carbons (Fsp3) is 0.444. The van der Waals surface area contributed by atoms with Gasteiger partial charge in [-0.1, -0.05) is 24.6 Å². The summed E-state index contributed by atoms with van der Waals surface area (Å²) < 4.78 is 0. The molecule has 1 amide bonds. The highest BCUT2D eigenvalue weighted by Crippen LogP contribution is 2.27. The number of carbonyl (C=O) groups excluding carboxylic acids is 1. The van der Waals surface area contributed by atoms with E-state index in [-0.39, 0.29) is 17.5 Å². The van der Waals surface area contributed by atoms with Crippen molar-refractivity contribution in [3.05, 3.63) is 46.4 Å². The molecule has 1 aromatic carbocycles. The number of aromatic nitrogens is 1. The van der Waals surface area contributed by atoms with Gasteiger partial charge in [0.25, 0.3) is 11.5 Å². The summed E-state index contributed by atoms with van der Waals surface area (Å²) >= 11 is 0. The van der Waals surface area contributed by atoms with E-state index >= 15 is 0 Å². The van der Waals surface area contributed by atoms with Crippen LogP contribution in [0.4, 0.5) is 0 Å². The van der Waals surface area contributed by atoms with Crippen LogP contribution in [-0.2, 0) is 0 Å². The Morgan fingerprint density at radius 2 is 2.04 bits per heavy atom. The summed E-state index contributed by atoms with van der Waals surface area (Å²) in [4.78, 5) is 29.9. The van der Waals surface area contributed by atoms with Crippen molar-refractivity contribution in [1.29, 1.82) is 0 Å². The molecule has 2 aliphatic heterocycles. The van der Waals surface area contributed by atoms with Gasteiger partial charge in [0.1, 0.15) is 5.69 Å². The molecule has 2 fully saturated rings. The smallest absolute Gasteiger partial charge is 0.268 e. The van der Waals surface area contributed by atoms with E-state index in [0.29, 0.717) is 17.1 Å². The molecule has 0 aliphatic carbocycles. The molecule has 2 aromatic rings. The minimum Gasteiger partial charge on any atom is -0.346 e. The van der Waals surface area contributed by atoms with Crippen LogP contribution in [0.2, 0.25) is 0 Å². The predicted octanol–water partition coefficient (Wildman–Crippen LogP) is 1.88. The van der Waals surface area contributed by atoms with E-state index in [1.807, 2.05) is 18.2 Å². The lowest BCUT2D eigenvalue weighted by atomic mass is 9.99. The minimum absolute atomic E-state index is 0.176. The second kappa shape index (κ2) is 5.81. The van der Waals surface area contributed by atoms with Crippen LogP contribution in [0.5, 0.6) is 0 Å². The van der Waals surface area contributed by atoms with Gasteiger partial charge in [0, 0.05) is 24.0 Å². The lowest BCUT2D eigenvalue weighted by Gasteiger charge is -2.32. The summed E-state index contributed by atoms with van der Waals surface area (Å²) in [6.45, 7) is 2.20. The molecule has 5 nitrogen and oxygen atoms in total. The first-order chi connectivity index (χ1) is 11.2. The molecular weight excluding hydrogens is 290 g/mol. The SMILES string of the molecule is O=C(N[C@@H]1CCN2CCCC[C@@H]12)c1cc2ccccc2c(=O)[nH]1. The third kappa shape index (κ3) is 2.65. The Morgan fingerprint density at radius 3 is 2.96 bits per heavy atom. The average Bonchev–Trinajstić information content (AvgIpc) is 2.98. The first kappa shape index (κ1) is 14.5. The molecule has 2 N–H and O–H groups in total. The molecule has 1 aromatic heterocycles. The number of H-pyrrole nitrogens is 1. The van der Waals surface area contributed by atoms with Gasteiger partial charge in [-0.05, 0) is 43.3 Å². The number of benzene rings is 1. The molecule has 0 radical (unpaired) electrons. The first-order valence-electron chi connectivity index (χ1n) is 8.39. The lowest BCUT2D eigenvalue weighted by Crippen LogP contribution is -2.47. The number of pyridine rings is 1. The van der Waals surface area contributed by atoms with Crippen molar-refractivity contribution in [2.75, 3.05) is 13.1 Å². The quantitative estimate of drug-likeness (QED) is 0.890. The summed E-state index contributed by atoms with van der Waals surface area (Å²) in [5.41, 5.74) is 0.141. The third-order valence-corrected chi connectivity index (χ3v) is 5.17. The fourth-order valence-corrected chi connectivity index (χ4v) is 4.00. The third-order valence-electron chi connectivity index (χ3n) is 5.17. The second-order valence-corrected chi connectivity index (χ2v) is 6.57. The van der Waals surface area contributed by atoms with Crippen LogP contribution in [0.25, 0.3) is 10.8 Å². The summed E-state index contributed by atoms with van der Waals surface area (Å²) in [6.07, 6.45) is 4.64. The summed E-state index contributed by atoms with van der Waals surface area (Å²) in [6, 6.07) is 9.75. The van der Waals surface area contributed by atoms with Gasteiger partial charge in [-0.3, -0.25) is 14.5 Å². The molecule has 0 unspecified atom stereocenters. The number of nitrogens with one attached hydrogen (secondary N) is 2. The minimum atomic E-state index is -0.209. The van der Waals surface area contributed by atoms with E-state index in [9.17, 15) is 9.59 Å². The monoisotopic (exact) mass is 311 g/mol. The Kier molecular flexibility index (Phi) is 3.65. The van der Waals surface area contributed by atoms with Crippen LogP contribution in [0, 0.1) is 0 Å². The normalized spacial score (nSPS) is 24.5. The van der Waals surface area contributed by atoms with Crippen molar-refractivity contribution in [2.24, 2.45) is 0 Å². The number of hydrogen-bond acceptors (Lipinski definition) is 3. The summed E-state index contributed by atoms with van der Waals surface area (Å²) in [5.74, 6) is -0.176. The van der Waals surface area contributed by atoms with E-state index in [2.05, 4.69) is 15.2 Å². The van der Waals surface area contributed by atoms with Crippen LogP contribution in [-0.4, -0.2) is 41.0 Å². The number of rotatable bonds is 2. The molecule has 2 atom stereocenters. The van der Waals surface area contributed by atoms with Crippen molar-refractivity contribution in [3.63, 3.8) is 0 Å². The van der Waals surface area contributed by atoms with Gasteiger partial charge in [0.15, 0.2) is 0 Å². The number of hydrogen-bond donors (Lipinski definition) is 2. The summed E-state index contributed by atoms with van der Waals surface area (Å²) in [5, 5.41) is 4.55. The fourth-order valence-electron chi connectivity index (χ4n) is 4.00. The van der Waals surface area contributed by atoms with Crippen molar-refractivity contribution < 1.29 is 4.79 Å². The van der Waals surface area contributed by atoms with Gasteiger partial charge < -0.3 is 10.3 Å². The molecule has 23 heavy (non-hydrogen) atoms. The van der Waals surface area contributed by atoms with E-state index < -0.39 is 0 Å². The van der Waals surface area contributed by atoms with Gasteiger partial charge in [-0.25, -0.2) is 0 Å². The molecular formula is C18H21N3O2. The van der Waals surface area contributed by atoms with E-state index in [1.54, 1.807) is 12.1 Å². The van der Waals surface area contributed by atoms with Crippen LogP contribution in [0.1, 0.15) is 36.2 Å². The largest absolute Gasteiger partial charge is 0.346 e. The average molecular weight is 311 g/mol. The Labute approximate surface area is 134 Å². The Balaban J connectivity index is 1.56. The maximum atomic E-state index is 12.6. The standard InChI is InChI=1S/C18H21N3O2/c22-17-13-6-2-1-5-12(13)11-15(20-17)18(23)19-14-8-10-21-9-4-3-7-16(14)21/h1-2,5-6,11,14,16H,3-4,7-10H2,(H,19,23)(H,20,22)/t14-,16+/m1/s1. The molecule has 3 heterocycles. The zero-order chi connectivity index (χ0) is 15.8. The number of fused-ring (bicyclic) bond motifs is 2. The maximum Gasteiger partial charge on any atom is 0.268 e. The van der Waals surface area contributed by atoms with E-state index in [4.69, 9.17) is 0 Å². The number of amides is 1. The number of aromatic amines is 1. The first-order valence-corrected chi connectivity index (χ1v) is 8.39. The van der Waals surface area contributed by atoms with Gasteiger partial charge in [-0.15, -0.1) is 0 Å².